The van der Waals surface area contributed by atoms with Crippen LogP contribution in [0.25, 0.3) is 22.8 Å². The zero-order valence-corrected chi connectivity index (χ0v) is 12.0. The molecule has 3 aromatic rings. The number of hydrogen-bond acceptors (Lipinski definition) is 0. The van der Waals surface area contributed by atoms with E-state index in [4.69, 9.17) is 0 Å². The second-order valence-electron chi connectivity index (χ2n) is 5.56. The van der Waals surface area contributed by atoms with Crippen molar-refractivity contribution >= 4 is 11.6 Å². The summed E-state index contributed by atoms with van der Waals surface area (Å²) in [5, 5.41) is 0. The summed E-state index contributed by atoms with van der Waals surface area (Å²) in [6, 6.07) is 26.0. The molecule has 0 aliphatic heterocycles. The molecule has 0 unspecified atom stereocenters. The predicted octanol–water partition coefficient (Wildman–Crippen LogP) is 5.56. The van der Waals surface area contributed by atoms with Gasteiger partial charge in [-0.15, -0.1) is 0 Å². The molecule has 0 heterocycles. The molecule has 4 rings (SSSR count). The van der Waals surface area contributed by atoms with Gasteiger partial charge in [-0.3, -0.25) is 0 Å². The van der Waals surface area contributed by atoms with E-state index in [0.717, 1.165) is 0 Å². The lowest BCUT2D eigenvalue weighted by molar-refractivity contribution is 1.46. The maximum Gasteiger partial charge on any atom is -0.00930 e. The van der Waals surface area contributed by atoms with E-state index in [1.165, 1.54) is 39.0 Å². The van der Waals surface area contributed by atoms with Crippen molar-refractivity contribution in [3.63, 3.8) is 0 Å². The first kappa shape index (κ1) is 12.2. The summed E-state index contributed by atoms with van der Waals surface area (Å²) < 4.78 is 0. The smallest absolute Gasteiger partial charge is 0.00930 e. The van der Waals surface area contributed by atoms with Gasteiger partial charge in [-0.25, -0.2) is 0 Å². The minimum Gasteiger partial charge on any atom is -0.0616 e. The second-order valence-corrected chi connectivity index (χ2v) is 5.56. The van der Waals surface area contributed by atoms with Gasteiger partial charge in [-0.05, 0) is 46.4 Å². The fraction of sp³-hybridized carbons (Fsp3) is 0.0476. The van der Waals surface area contributed by atoms with Gasteiger partial charge >= 0.3 is 0 Å². The maximum absolute atomic E-state index is 2.30. The lowest BCUT2D eigenvalue weighted by Gasteiger charge is -2.03. The molecule has 0 saturated heterocycles. The molecule has 0 atom stereocenters. The molecule has 0 fully saturated rings. The van der Waals surface area contributed by atoms with Crippen LogP contribution in [0.5, 0.6) is 0 Å². The molecule has 0 heteroatoms. The van der Waals surface area contributed by atoms with Gasteiger partial charge in [0.05, 0.1) is 0 Å². The van der Waals surface area contributed by atoms with Crippen LogP contribution in [-0.2, 0) is 0 Å². The molecule has 21 heavy (non-hydrogen) atoms. The first-order valence-corrected chi connectivity index (χ1v) is 7.30. The monoisotopic (exact) mass is 268 g/mol. The Labute approximate surface area is 125 Å². The van der Waals surface area contributed by atoms with Gasteiger partial charge in [0, 0.05) is 0 Å². The molecular weight excluding hydrogens is 252 g/mol. The highest BCUT2D eigenvalue weighted by Gasteiger charge is 2.21. The van der Waals surface area contributed by atoms with E-state index in [-0.39, 0.29) is 0 Å². The number of fused-ring (bicyclic) bond motifs is 3. The Kier molecular flexibility index (Phi) is 2.75. The van der Waals surface area contributed by atoms with Gasteiger partial charge in [-0.2, -0.15) is 0 Å². The molecule has 0 bridgehead atoms. The maximum atomic E-state index is 2.30. The van der Waals surface area contributed by atoms with Crippen molar-refractivity contribution in [2.45, 2.75) is 6.92 Å². The third-order valence-corrected chi connectivity index (χ3v) is 4.08. The first-order chi connectivity index (χ1) is 10.3. The summed E-state index contributed by atoms with van der Waals surface area (Å²) in [5.74, 6) is 0. The van der Waals surface area contributed by atoms with Crippen LogP contribution >= 0.6 is 0 Å². The quantitative estimate of drug-likeness (QED) is 0.423. The van der Waals surface area contributed by atoms with Crippen LogP contribution in [0.15, 0.2) is 72.8 Å². The van der Waals surface area contributed by atoms with E-state index < -0.39 is 0 Å². The first-order valence-electron chi connectivity index (χ1n) is 7.30. The molecule has 0 spiro atoms. The van der Waals surface area contributed by atoms with Crippen molar-refractivity contribution in [2.24, 2.45) is 0 Å². The van der Waals surface area contributed by atoms with Gasteiger partial charge in [-0.1, -0.05) is 78.4 Å². The van der Waals surface area contributed by atoms with E-state index in [1.807, 2.05) is 0 Å². The fourth-order valence-electron chi connectivity index (χ4n) is 3.13. The SMILES string of the molecule is Cc1cccc(C=C2c3ccccc3-c3ccccc32)c1. The van der Waals surface area contributed by atoms with Gasteiger partial charge < -0.3 is 0 Å². The lowest BCUT2D eigenvalue weighted by Crippen LogP contribution is -1.82. The van der Waals surface area contributed by atoms with E-state index in [2.05, 4.69) is 85.8 Å². The highest BCUT2D eigenvalue weighted by molar-refractivity contribution is 6.06. The molecule has 1 aliphatic carbocycles. The van der Waals surface area contributed by atoms with Crippen molar-refractivity contribution in [3.8, 4) is 11.1 Å². The average Bonchev–Trinajstić information content (AvgIpc) is 2.83. The molecule has 3 aromatic carbocycles. The van der Waals surface area contributed by atoms with Crippen molar-refractivity contribution in [1.29, 1.82) is 0 Å². The van der Waals surface area contributed by atoms with Gasteiger partial charge in [0.15, 0.2) is 0 Å². The van der Waals surface area contributed by atoms with E-state index in [1.54, 1.807) is 0 Å². The summed E-state index contributed by atoms with van der Waals surface area (Å²) in [6.45, 7) is 2.14. The highest BCUT2D eigenvalue weighted by Crippen LogP contribution is 2.44. The number of benzene rings is 3. The lowest BCUT2D eigenvalue weighted by atomic mass is 10.0. The summed E-state index contributed by atoms with van der Waals surface area (Å²) in [4.78, 5) is 0. The Morgan fingerprint density at radius 3 is 1.76 bits per heavy atom. The Morgan fingerprint density at radius 1 is 0.619 bits per heavy atom. The summed E-state index contributed by atoms with van der Waals surface area (Å²) in [5.41, 5.74) is 9.23. The van der Waals surface area contributed by atoms with Crippen LogP contribution < -0.4 is 0 Å². The van der Waals surface area contributed by atoms with Crippen LogP contribution in [0.3, 0.4) is 0 Å². The zero-order chi connectivity index (χ0) is 14.2. The van der Waals surface area contributed by atoms with Gasteiger partial charge in [0.1, 0.15) is 0 Å². The second kappa shape index (κ2) is 4.75. The fourth-order valence-corrected chi connectivity index (χ4v) is 3.13. The number of rotatable bonds is 1. The molecule has 1 aliphatic rings. The van der Waals surface area contributed by atoms with Crippen LogP contribution in [0.1, 0.15) is 22.3 Å². The molecule has 0 saturated carbocycles. The Balaban J connectivity index is 1.97. The predicted molar refractivity (Wildman–Crippen MR) is 90.0 cm³/mol. The van der Waals surface area contributed by atoms with Crippen LogP contribution in [0.2, 0.25) is 0 Å². The van der Waals surface area contributed by atoms with Gasteiger partial charge in [0.2, 0.25) is 0 Å². The number of hydrogen-bond donors (Lipinski definition) is 0. The summed E-state index contributed by atoms with van der Waals surface area (Å²) >= 11 is 0. The normalized spacial score (nSPS) is 12.0. The van der Waals surface area contributed by atoms with Gasteiger partial charge in [0.25, 0.3) is 0 Å². The number of aryl methyl sites for hydroxylation is 1. The van der Waals surface area contributed by atoms with Crippen molar-refractivity contribution in [1.82, 2.24) is 0 Å². The molecule has 0 N–H and O–H groups in total. The van der Waals surface area contributed by atoms with E-state index in [9.17, 15) is 0 Å². The average molecular weight is 268 g/mol. The van der Waals surface area contributed by atoms with Crippen LogP contribution in [0, 0.1) is 6.92 Å². The molecule has 100 valence electrons. The largest absolute Gasteiger partial charge is 0.0616 e. The van der Waals surface area contributed by atoms with E-state index >= 15 is 0 Å². The molecule has 0 radical (unpaired) electrons. The zero-order valence-electron chi connectivity index (χ0n) is 12.0. The highest BCUT2D eigenvalue weighted by atomic mass is 14.2. The third kappa shape index (κ3) is 2.00. The minimum absolute atomic E-state index is 1.26. The standard InChI is InChI=1S/C21H16/c1-15-7-6-8-16(13-15)14-21-19-11-4-2-9-17(19)18-10-3-5-12-20(18)21/h2-14H,1H3. The Bertz CT molecular complexity index is 806. The van der Waals surface area contributed by atoms with Crippen molar-refractivity contribution < 1.29 is 0 Å². The Hall–Kier alpha value is -2.60. The third-order valence-electron chi connectivity index (χ3n) is 4.08. The molecule has 0 nitrogen and oxygen atoms in total. The summed E-state index contributed by atoms with van der Waals surface area (Å²) in [7, 11) is 0. The molecular formula is C21H16. The van der Waals surface area contributed by atoms with Crippen LogP contribution in [-0.4, -0.2) is 0 Å². The summed E-state index contributed by atoms with van der Waals surface area (Å²) in [6.07, 6.45) is 2.30. The van der Waals surface area contributed by atoms with Crippen molar-refractivity contribution in [3.05, 3.63) is 95.1 Å². The van der Waals surface area contributed by atoms with E-state index in [0.29, 0.717) is 0 Å². The molecule has 0 amide bonds. The minimum atomic E-state index is 1.26. The van der Waals surface area contributed by atoms with Crippen LogP contribution in [0.4, 0.5) is 0 Å². The Morgan fingerprint density at radius 2 is 1.19 bits per heavy atom. The topological polar surface area (TPSA) is 0 Å². The molecule has 0 aromatic heterocycles. The van der Waals surface area contributed by atoms with Crippen molar-refractivity contribution in [2.75, 3.05) is 0 Å².